The number of aliphatic carboxylic acids is 1. The first-order valence-corrected chi connectivity index (χ1v) is 7.29. The molecule has 1 amide bonds. The van der Waals surface area contributed by atoms with Gasteiger partial charge in [-0.2, -0.15) is 0 Å². The van der Waals surface area contributed by atoms with Crippen LogP contribution in [0.4, 0.5) is 0 Å². The fraction of sp³-hybridized carbons (Fsp3) is 0.467. The van der Waals surface area contributed by atoms with E-state index in [1.165, 1.54) is 0 Å². The molecule has 2 atom stereocenters. The summed E-state index contributed by atoms with van der Waals surface area (Å²) in [4.78, 5) is 24.9. The molecular formula is C15H18ClNO4. The number of amides is 1. The summed E-state index contributed by atoms with van der Waals surface area (Å²) >= 11 is 5.83. The lowest BCUT2D eigenvalue weighted by Gasteiger charge is -2.27. The van der Waals surface area contributed by atoms with Crippen LogP contribution in [0.2, 0.25) is 0 Å². The summed E-state index contributed by atoms with van der Waals surface area (Å²) in [5, 5.41) is 9.15. The van der Waals surface area contributed by atoms with Gasteiger partial charge in [-0.1, -0.05) is 12.1 Å². The number of hydrogen-bond acceptors (Lipinski definition) is 3. The summed E-state index contributed by atoms with van der Waals surface area (Å²) in [6.07, 6.45) is 0.248. The van der Waals surface area contributed by atoms with Gasteiger partial charge in [-0.15, -0.1) is 11.6 Å². The van der Waals surface area contributed by atoms with Crippen LogP contribution >= 0.6 is 11.6 Å². The highest BCUT2D eigenvalue weighted by Gasteiger charge is 2.35. The minimum atomic E-state index is -0.940. The third-order valence-electron chi connectivity index (χ3n) is 3.68. The van der Waals surface area contributed by atoms with Gasteiger partial charge < -0.3 is 14.7 Å². The van der Waals surface area contributed by atoms with Crippen molar-refractivity contribution in [2.45, 2.75) is 18.9 Å². The standard InChI is InChI=1S/C15H18ClNO4/c1-21-12-4-2-3-11(6-12)13(7-15(19)20)17-9-10(8-16)5-14(17)18/h2-4,6,10,13H,5,7-9H2,1H3,(H,19,20). The molecule has 1 heterocycles. The zero-order chi connectivity index (χ0) is 15.4. The molecule has 114 valence electrons. The number of hydrogen-bond donors (Lipinski definition) is 1. The first kappa shape index (κ1) is 15.6. The van der Waals surface area contributed by atoms with Gasteiger partial charge in [0.05, 0.1) is 19.6 Å². The number of alkyl halides is 1. The van der Waals surface area contributed by atoms with Gasteiger partial charge >= 0.3 is 5.97 Å². The number of carboxylic acid groups (broad SMARTS) is 1. The predicted molar refractivity (Wildman–Crippen MR) is 78.5 cm³/mol. The van der Waals surface area contributed by atoms with Crippen LogP contribution in [0.25, 0.3) is 0 Å². The van der Waals surface area contributed by atoms with Gasteiger partial charge in [0.2, 0.25) is 5.91 Å². The van der Waals surface area contributed by atoms with Gasteiger partial charge in [-0.25, -0.2) is 0 Å². The number of rotatable bonds is 6. The molecule has 2 unspecified atom stereocenters. The molecule has 0 aromatic heterocycles. The van der Waals surface area contributed by atoms with E-state index in [4.69, 9.17) is 21.4 Å². The molecule has 2 rings (SSSR count). The van der Waals surface area contributed by atoms with E-state index >= 15 is 0 Å². The molecule has 1 aliphatic heterocycles. The van der Waals surface area contributed by atoms with Crippen molar-refractivity contribution in [3.8, 4) is 5.75 Å². The quantitative estimate of drug-likeness (QED) is 0.819. The summed E-state index contributed by atoms with van der Waals surface area (Å²) in [5.41, 5.74) is 0.764. The Morgan fingerprint density at radius 3 is 2.90 bits per heavy atom. The molecule has 1 saturated heterocycles. The van der Waals surface area contributed by atoms with Crippen LogP contribution in [0.3, 0.4) is 0 Å². The van der Waals surface area contributed by atoms with E-state index in [9.17, 15) is 9.59 Å². The van der Waals surface area contributed by atoms with Crippen LogP contribution in [-0.2, 0) is 9.59 Å². The molecule has 0 bridgehead atoms. The number of carboxylic acids is 1. The van der Waals surface area contributed by atoms with E-state index in [2.05, 4.69) is 0 Å². The van der Waals surface area contributed by atoms with Crippen molar-refractivity contribution >= 4 is 23.5 Å². The van der Waals surface area contributed by atoms with Crippen molar-refractivity contribution < 1.29 is 19.4 Å². The van der Waals surface area contributed by atoms with E-state index in [-0.39, 0.29) is 18.2 Å². The van der Waals surface area contributed by atoms with Gasteiger partial charge in [-0.05, 0) is 23.6 Å². The molecule has 1 N–H and O–H groups in total. The average Bonchev–Trinajstić information content (AvgIpc) is 2.85. The van der Waals surface area contributed by atoms with Gasteiger partial charge in [0, 0.05) is 18.8 Å². The van der Waals surface area contributed by atoms with Crippen molar-refractivity contribution in [1.82, 2.24) is 4.90 Å². The maximum Gasteiger partial charge on any atom is 0.305 e. The molecule has 1 fully saturated rings. The molecule has 1 aromatic rings. The normalized spacial score (nSPS) is 19.6. The zero-order valence-electron chi connectivity index (χ0n) is 11.8. The third-order valence-corrected chi connectivity index (χ3v) is 4.12. The fourth-order valence-electron chi connectivity index (χ4n) is 2.64. The minimum Gasteiger partial charge on any atom is -0.497 e. The summed E-state index contributed by atoms with van der Waals surface area (Å²) in [7, 11) is 1.55. The zero-order valence-corrected chi connectivity index (χ0v) is 12.5. The smallest absolute Gasteiger partial charge is 0.305 e. The molecule has 1 aliphatic rings. The molecule has 0 aliphatic carbocycles. The number of carbonyl (C=O) groups is 2. The molecule has 0 saturated carbocycles. The predicted octanol–water partition coefficient (Wildman–Crippen LogP) is 2.30. The number of benzene rings is 1. The van der Waals surface area contributed by atoms with Crippen LogP contribution in [-0.4, -0.2) is 41.4 Å². The average molecular weight is 312 g/mol. The number of ether oxygens (including phenoxy) is 1. The molecule has 1 aromatic carbocycles. The van der Waals surface area contributed by atoms with Crippen LogP contribution in [0.1, 0.15) is 24.4 Å². The van der Waals surface area contributed by atoms with E-state index in [0.717, 1.165) is 5.56 Å². The summed E-state index contributed by atoms with van der Waals surface area (Å²) in [5.74, 6) is 0.143. The Bertz CT molecular complexity index is 534. The van der Waals surface area contributed by atoms with Crippen molar-refractivity contribution in [2.75, 3.05) is 19.5 Å². The van der Waals surface area contributed by atoms with Gasteiger partial charge in [0.25, 0.3) is 0 Å². The molecule has 6 heteroatoms. The SMILES string of the molecule is COc1cccc(C(CC(=O)O)N2CC(CCl)CC2=O)c1. The van der Waals surface area contributed by atoms with Crippen molar-refractivity contribution in [2.24, 2.45) is 5.92 Å². The van der Waals surface area contributed by atoms with E-state index < -0.39 is 12.0 Å². The second-order valence-corrected chi connectivity index (χ2v) is 5.47. The Morgan fingerprint density at radius 1 is 1.57 bits per heavy atom. The maximum atomic E-state index is 12.1. The topological polar surface area (TPSA) is 66.8 Å². The highest BCUT2D eigenvalue weighted by atomic mass is 35.5. The maximum absolute atomic E-state index is 12.1. The lowest BCUT2D eigenvalue weighted by molar-refractivity contribution is -0.139. The highest BCUT2D eigenvalue weighted by molar-refractivity contribution is 6.18. The number of carbonyl (C=O) groups excluding carboxylic acids is 1. The minimum absolute atomic E-state index is 0.0466. The summed E-state index contributed by atoms with van der Waals surface area (Å²) in [6, 6.07) is 6.68. The van der Waals surface area contributed by atoms with Crippen LogP contribution < -0.4 is 4.74 Å². The second kappa shape index (κ2) is 6.80. The molecule has 21 heavy (non-hydrogen) atoms. The summed E-state index contributed by atoms with van der Waals surface area (Å²) in [6.45, 7) is 0.498. The lowest BCUT2D eigenvalue weighted by atomic mass is 10.0. The first-order valence-electron chi connectivity index (χ1n) is 6.76. The Balaban J connectivity index is 2.29. The number of likely N-dealkylation sites (tertiary alicyclic amines) is 1. The number of methoxy groups -OCH3 is 1. The Labute approximate surface area is 128 Å². The lowest BCUT2D eigenvalue weighted by Crippen LogP contribution is -2.32. The fourth-order valence-corrected chi connectivity index (χ4v) is 2.84. The Morgan fingerprint density at radius 2 is 2.33 bits per heavy atom. The number of halogens is 1. The Hall–Kier alpha value is -1.75. The van der Waals surface area contributed by atoms with Crippen LogP contribution in [0, 0.1) is 5.92 Å². The molecular weight excluding hydrogens is 294 g/mol. The molecule has 0 radical (unpaired) electrons. The van der Waals surface area contributed by atoms with E-state index in [1.807, 2.05) is 6.07 Å². The highest BCUT2D eigenvalue weighted by Crippen LogP contribution is 2.33. The van der Waals surface area contributed by atoms with Crippen molar-refractivity contribution in [3.63, 3.8) is 0 Å². The summed E-state index contributed by atoms with van der Waals surface area (Å²) < 4.78 is 5.17. The Kier molecular flexibility index (Phi) is 5.07. The van der Waals surface area contributed by atoms with Crippen molar-refractivity contribution in [1.29, 1.82) is 0 Å². The molecule has 5 nitrogen and oxygen atoms in total. The second-order valence-electron chi connectivity index (χ2n) is 5.16. The van der Waals surface area contributed by atoms with Crippen LogP contribution in [0.5, 0.6) is 5.75 Å². The molecule has 0 spiro atoms. The van der Waals surface area contributed by atoms with Crippen molar-refractivity contribution in [3.05, 3.63) is 29.8 Å². The van der Waals surface area contributed by atoms with Crippen LogP contribution in [0.15, 0.2) is 24.3 Å². The van der Waals surface area contributed by atoms with E-state index in [0.29, 0.717) is 24.6 Å². The monoisotopic (exact) mass is 311 g/mol. The van der Waals surface area contributed by atoms with Gasteiger partial charge in [-0.3, -0.25) is 9.59 Å². The van der Waals surface area contributed by atoms with Gasteiger partial charge in [0.15, 0.2) is 0 Å². The first-order chi connectivity index (χ1) is 10.0. The number of nitrogens with zero attached hydrogens (tertiary/aromatic N) is 1. The van der Waals surface area contributed by atoms with E-state index in [1.54, 1.807) is 30.2 Å². The van der Waals surface area contributed by atoms with Gasteiger partial charge in [0.1, 0.15) is 5.75 Å². The third kappa shape index (κ3) is 3.67. The largest absolute Gasteiger partial charge is 0.497 e.